The van der Waals surface area contributed by atoms with Crippen LogP contribution in [-0.2, 0) is 0 Å². The lowest BCUT2D eigenvalue weighted by Crippen LogP contribution is -2.37. The van der Waals surface area contributed by atoms with E-state index >= 15 is 0 Å². The number of nitrogens with one attached hydrogen (secondary N) is 1. The van der Waals surface area contributed by atoms with Gasteiger partial charge < -0.3 is 5.32 Å². The van der Waals surface area contributed by atoms with Crippen molar-refractivity contribution in [3.05, 3.63) is 77.9 Å². The largest absolute Gasteiger partial charge is 0.306 e. The summed E-state index contributed by atoms with van der Waals surface area (Å²) >= 11 is 0. The molecule has 4 heteroatoms. The number of hydrogen-bond donors (Lipinski definition) is 1. The van der Waals surface area contributed by atoms with Crippen molar-refractivity contribution < 1.29 is 0 Å². The molecule has 4 nitrogen and oxygen atoms in total. The molecule has 0 amide bonds. The zero-order chi connectivity index (χ0) is 18.6. The van der Waals surface area contributed by atoms with Gasteiger partial charge in [0.05, 0.1) is 11.3 Å². The summed E-state index contributed by atoms with van der Waals surface area (Å²) in [7, 11) is 0. The normalized spacial score (nSPS) is 12.3. The Balaban J connectivity index is 2.01. The maximum Gasteiger partial charge on any atom is 0.113 e. The summed E-state index contributed by atoms with van der Waals surface area (Å²) in [5.41, 5.74) is 3.88. The van der Waals surface area contributed by atoms with Gasteiger partial charge in [-0.25, -0.2) is 9.67 Å². The van der Waals surface area contributed by atoms with Crippen molar-refractivity contribution >= 4 is 0 Å². The van der Waals surface area contributed by atoms with Crippen LogP contribution in [0.4, 0.5) is 0 Å². The molecule has 0 bridgehead atoms. The molecule has 2 heterocycles. The molecule has 26 heavy (non-hydrogen) atoms. The van der Waals surface area contributed by atoms with Gasteiger partial charge >= 0.3 is 0 Å². The van der Waals surface area contributed by atoms with E-state index in [2.05, 4.69) is 73.1 Å². The Hall–Kier alpha value is -2.90. The van der Waals surface area contributed by atoms with E-state index in [1.807, 2.05) is 35.1 Å². The van der Waals surface area contributed by atoms with Gasteiger partial charge in [0.15, 0.2) is 0 Å². The van der Waals surface area contributed by atoms with Crippen LogP contribution in [0.25, 0.3) is 5.69 Å². The zero-order valence-corrected chi connectivity index (χ0v) is 15.7. The topological polar surface area (TPSA) is 42.7 Å². The molecule has 1 atom stereocenters. The van der Waals surface area contributed by atoms with Gasteiger partial charge in [0.2, 0.25) is 0 Å². The van der Waals surface area contributed by atoms with Gasteiger partial charge in [-0.2, -0.15) is 5.10 Å². The third-order valence-corrected chi connectivity index (χ3v) is 3.91. The molecular formula is C22H24N4. The fraction of sp³-hybridized carbons (Fsp3) is 0.273. The minimum absolute atomic E-state index is 0.0415. The van der Waals surface area contributed by atoms with Crippen LogP contribution in [0.2, 0.25) is 0 Å². The molecule has 1 aromatic carbocycles. The lowest BCUT2D eigenvalue weighted by atomic mass is 10.00. The van der Waals surface area contributed by atoms with Crippen LogP contribution < -0.4 is 5.32 Å². The molecule has 0 aliphatic carbocycles. The van der Waals surface area contributed by atoms with Gasteiger partial charge in [0.25, 0.3) is 0 Å². The second-order valence-corrected chi connectivity index (χ2v) is 7.31. The highest BCUT2D eigenvalue weighted by Crippen LogP contribution is 2.22. The smallest absolute Gasteiger partial charge is 0.113 e. The quantitative estimate of drug-likeness (QED) is 0.727. The van der Waals surface area contributed by atoms with Crippen LogP contribution in [-0.4, -0.2) is 20.3 Å². The second-order valence-electron chi connectivity index (χ2n) is 7.31. The van der Waals surface area contributed by atoms with Crippen molar-refractivity contribution in [1.29, 1.82) is 0 Å². The minimum atomic E-state index is 0.0415. The van der Waals surface area contributed by atoms with E-state index in [4.69, 9.17) is 0 Å². The van der Waals surface area contributed by atoms with Gasteiger partial charge in [-0.3, -0.25) is 0 Å². The van der Waals surface area contributed by atoms with Gasteiger partial charge in [0.1, 0.15) is 5.69 Å². The Morgan fingerprint density at radius 3 is 2.54 bits per heavy atom. The third kappa shape index (κ3) is 4.59. The molecule has 1 unspecified atom stereocenters. The summed E-state index contributed by atoms with van der Waals surface area (Å²) in [6, 6.07) is 14.2. The fourth-order valence-corrected chi connectivity index (χ4v) is 2.84. The number of rotatable bonds is 3. The standard InChI is InChI=1S/C22H24N4/c1-17(25-22(2,3)4)18-10-12-21(26-15-7-14-24-26)19(16-18)9-11-20-8-5-6-13-23-20/h5-8,10,12-17,25H,1-4H3. The molecular weight excluding hydrogens is 320 g/mol. The van der Waals surface area contributed by atoms with E-state index in [1.165, 1.54) is 5.56 Å². The van der Waals surface area contributed by atoms with Crippen molar-refractivity contribution in [2.45, 2.75) is 39.3 Å². The van der Waals surface area contributed by atoms with Crippen molar-refractivity contribution in [3.8, 4) is 17.5 Å². The van der Waals surface area contributed by atoms with Gasteiger partial charge in [-0.05, 0) is 69.5 Å². The summed E-state index contributed by atoms with van der Waals surface area (Å²) in [6.07, 6.45) is 5.45. The molecule has 0 spiro atoms. The Bertz CT molecular complexity index is 910. The van der Waals surface area contributed by atoms with E-state index in [1.54, 1.807) is 12.4 Å². The van der Waals surface area contributed by atoms with Crippen molar-refractivity contribution in [2.24, 2.45) is 0 Å². The predicted octanol–water partition coefficient (Wildman–Crippen LogP) is 4.12. The fourth-order valence-electron chi connectivity index (χ4n) is 2.84. The molecule has 0 saturated heterocycles. The van der Waals surface area contributed by atoms with Crippen LogP contribution >= 0.6 is 0 Å². The van der Waals surface area contributed by atoms with Gasteiger partial charge in [0, 0.05) is 30.2 Å². The molecule has 0 radical (unpaired) electrons. The highest BCUT2D eigenvalue weighted by molar-refractivity contribution is 5.54. The number of nitrogens with zero attached hydrogens (tertiary/aromatic N) is 3. The molecule has 1 N–H and O–H groups in total. The van der Waals surface area contributed by atoms with Crippen LogP contribution in [0.15, 0.2) is 61.1 Å². The van der Waals surface area contributed by atoms with Crippen molar-refractivity contribution in [3.63, 3.8) is 0 Å². The van der Waals surface area contributed by atoms with Gasteiger partial charge in [-0.15, -0.1) is 0 Å². The van der Waals surface area contributed by atoms with Crippen LogP contribution in [0.1, 0.15) is 50.6 Å². The maximum absolute atomic E-state index is 4.35. The summed E-state index contributed by atoms with van der Waals surface area (Å²) in [6.45, 7) is 8.68. The zero-order valence-electron chi connectivity index (χ0n) is 15.7. The molecule has 3 aromatic rings. The molecule has 0 saturated carbocycles. The number of benzene rings is 1. The van der Waals surface area contributed by atoms with Gasteiger partial charge in [-0.1, -0.05) is 18.1 Å². The highest BCUT2D eigenvalue weighted by Gasteiger charge is 2.16. The third-order valence-electron chi connectivity index (χ3n) is 3.91. The predicted molar refractivity (Wildman–Crippen MR) is 105 cm³/mol. The molecule has 132 valence electrons. The first-order valence-corrected chi connectivity index (χ1v) is 8.77. The SMILES string of the molecule is CC(NC(C)(C)C)c1ccc(-n2cccn2)c(C#Cc2ccccn2)c1. The summed E-state index contributed by atoms with van der Waals surface area (Å²) in [5.74, 6) is 6.43. The lowest BCUT2D eigenvalue weighted by molar-refractivity contribution is 0.378. The van der Waals surface area contributed by atoms with Crippen LogP contribution in [0, 0.1) is 11.8 Å². The monoisotopic (exact) mass is 344 g/mol. The minimum Gasteiger partial charge on any atom is -0.306 e. The van der Waals surface area contributed by atoms with Crippen molar-refractivity contribution in [2.75, 3.05) is 0 Å². The highest BCUT2D eigenvalue weighted by atomic mass is 15.3. The second kappa shape index (κ2) is 7.55. The molecule has 0 aliphatic heterocycles. The van der Waals surface area contributed by atoms with E-state index < -0.39 is 0 Å². The molecule has 2 aromatic heterocycles. The average Bonchev–Trinajstić information content (AvgIpc) is 3.13. The van der Waals surface area contributed by atoms with E-state index in [0.717, 1.165) is 16.9 Å². The van der Waals surface area contributed by atoms with Crippen molar-refractivity contribution in [1.82, 2.24) is 20.1 Å². The van der Waals surface area contributed by atoms with E-state index in [9.17, 15) is 0 Å². The molecule has 0 fully saturated rings. The summed E-state index contributed by atoms with van der Waals surface area (Å²) < 4.78 is 1.84. The number of hydrogen-bond acceptors (Lipinski definition) is 3. The van der Waals surface area contributed by atoms with Crippen LogP contribution in [0.5, 0.6) is 0 Å². The molecule has 0 aliphatic rings. The summed E-state index contributed by atoms with van der Waals surface area (Å²) in [5, 5.41) is 7.96. The number of aromatic nitrogens is 3. The van der Waals surface area contributed by atoms with E-state index in [-0.39, 0.29) is 11.6 Å². The van der Waals surface area contributed by atoms with E-state index in [0.29, 0.717) is 0 Å². The van der Waals surface area contributed by atoms with Crippen LogP contribution in [0.3, 0.4) is 0 Å². The Morgan fingerprint density at radius 1 is 1.04 bits per heavy atom. The Morgan fingerprint density at radius 2 is 1.88 bits per heavy atom. The summed E-state index contributed by atoms with van der Waals surface area (Å²) in [4.78, 5) is 4.28. The maximum atomic E-state index is 4.35. The number of pyridine rings is 1. The first kappa shape index (κ1) is 17.9. The first-order chi connectivity index (χ1) is 12.4. The molecule has 3 rings (SSSR count). The Labute approximate surface area is 155 Å². The first-order valence-electron chi connectivity index (χ1n) is 8.77. The Kier molecular flexibility index (Phi) is 5.20. The average molecular weight is 344 g/mol. The lowest BCUT2D eigenvalue weighted by Gasteiger charge is -2.26.